The van der Waals surface area contributed by atoms with E-state index in [1.807, 2.05) is 19.1 Å². The topological polar surface area (TPSA) is 82.0 Å². The third-order valence-electron chi connectivity index (χ3n) is 3.13. The zero-order chi connectivity index (χ0) is 17.0. The fourth-order valence-corrected chi connectivity index (χ4v) is 2.47. The molecule has 2 amide bonds. The van der Waals surface area contributed by atoms with Crippen molar-refractivity contribution in [3.63, 3.8) is 0 Å². The van der Waals surface area contributed by atoms with E-state index in [2.05, 4.69) is 10.6 Å². The molecule has 2 aromatic rings. The van der Waals surface area contributed by atoms with Crippen LogP contribution in [0.4, 0.5) is 11.4 Å². The first-order valence-corrected chi connectivity index (χ1v) is 7.17. The molecule has 23 heavy (non-hydrogen) atoms. The third-order valence-corrected chi connectivity index (χ3v) is 3.42. The molecular formula is C17H14ClN3O2. The summed E-state index contributed by atoms with van der Waals surface area (Å²) in [4.78, 5) is 24.0. The zero-order valence-electron chi connectivity index (χ0n) is 12.6. The maximum atomic E-state index is 12.0. The number of hydrogen-bond acceptors (Lipinski definition) is 3. The first-order chi connectivity index (χ1) is 10.9. The molecule has 0 aliphatic rings. The van der Waals surface area contributed by atoms with Crippen molar-refractivity contribution in [3.8, 4) is 6.07 Å². The first kappa shape index (κ1) is 16.5. The van der Waals surface area contributed by atoms with E-state index in [1.54, 1.807) is 31.2 Å². The van der Waals surface area contributed by atoms with E-state index in [-0.39, 0.29) is 0 Å². The number of benzene rings is 2. The molecule has 0 unspecified atom stereocenters. The van der Waals surface area contributed by atoms with E-state index in [0.29, 0.717) is 22.0 Å². The average molecular weight is 328 g/mol. The van der Waals surface area contributed by atoms with E-state index >= 15 is 0 Å². The predicted molar refractivity (Wildman–Crippen MR) is 89.3 cm³/mol. The minimum Gasteiger partial charge on any atom is -0.318 e. The number of nitrogens with zero attached hydrogens (tertiary/aromatic N) is 1. The van der Waals surface area contributed by atoms with Crippen LogP contribution in [0.5, 0.6) is 0 Å². The maximum absolute atomic E-state index is 12.0. The highest BCUT2D eigenvalue weighted by Crippen LogP contribution is 2.27. The van der Waals surface area contributed by atoms with Crippen molar-refractivity contribution in [2.45, 2.75) is 13.8 Å². The minimum atomic E-state index is -0.837. The molecule has 0 atom stereocenters. The quantitative estimate of drug-likeness (QED) is 0.829. The summed E-state index contributed by atoms with van der Waals surface area (Å²) in [6, 6.07) is 11.8. The Hall–Kier alpha value is -2.84. The average Bonchev–Trinajstić information content (AvgIpc) is 2.50. The first-order valence-electron chi connectivity index (χ1n) is 6.80. The standard InChI is InChI=1S/C17H14ClN3O2/c1-10-6-11(2)15(14(18)7-10)21-17(23)16(22)20-13-5-3-4-12(8-13)9-19/h3-8H,1-2H3,(H,20,22)(H,21,23). The molecule has 2 N–H and O–H groups in total. The summed E-state index contributed by atoms with van der Waals surface area (Å²) in [5.41, 5.74) is 2.89. The fraction of sp³-hybridized carbons (Fsp3) is 0.118. The van der Waals surface area contributed by atoms with Crippen molar-refractivity contribution in [1.29, 1.82) is 5.26 Å². The predicted octanol–water partition coefficient (Wildman–Crippen LogP) is 3.41. The molecule has 2 rings (SSSR count). The lowest BCUT2D eigenvalue weighted by Gasteiger charge is -2.11. The van der Waals surface area contributed by atoms with Gasteiger partial charge in [0.25, 0.3) is 0 Å². The number of amides is 2. The van der Waals surface area contributed by atoms with Gasteiger partial charge in [-0.2, -0.15) is 5.26 Å². The molecule has 0 bridgehead atoms. The van der Waals surface area contributed by atoms with Gasteiger partial charge in [-0.1, -0.05) is 23.7 Å². The highest BCUT2D eigenvalue weighted by Gasteiger charge is 2.17. The number of nitrogens with one attached hydrogen (secondary N) is 2. The molecule has 0 fully saturated rings. The molecule has 0 aliphatic heterocycles. The lowest BCUT2D eigenvalue weighted by atomic mass is 10.1. The van der Waals surface area contributed by atoms with Gasteiger partial charge in [0.1, 0.15) is 0 Å². The summed E-state index contributed by atoms with van der Waals surface area (Å²) >= 11 is 6.10. The zero-order valence-corrected chi connectivity index (χ0v) is 13.4. The Morgan fingerprint density at radius 3 is 2.43 bits per heavy atom. The third kappa shape index (κ3) is 4.09. The van der Waals surface area contributed by atoms with Crippen LogP contribution in [0.15, 0.2) is 36.4 Å². The monoisotopic (exact) mass is 327 g/mol. The summed E-state index contributed by atoms with van der Waals surface area (Å²) in [7, 11) is 0. The Morgan fingerprint density at radius 1 is 1.09 bits per heavy atom. The van der Waals surface area contributed by atoms with Crippen molar-refractivity contribution in [1.82, 2.24) is 0 Å². The molecule has 0 saturated heterocycles. The highest BCUT2D eigenvalue weighted by molar-refractivity contribution is 6.45. The molecule has 5 nitrogen and oxygen atoms in total. The van der Waals surface area contributed by atoms with Gasteiger partial charge in [0.15, 0.2) is 0 Å². The number of halogens is 1. The van der Waals surface area contributed by atoms with Gasteiger partial charge in [-0.3, -0.25) is 9.59 Å². The van der Waals surface area contributed by atoms with Crippen molar-refractivity contribution < 1.29 is 9.59 Å². The van der Waals surface area contributed by atoms with Crippen LogP contribution in [0.25, 0.3) is 0 Å². The van der Waals surface area contributed by atoms with Crippen LogP contribution >= 0.6 is 11.6 Å². The smallest absolute Gasteiger partial charge is 0.314 e. The number of anilines is 2. The summed E-state index contributed by atoms with van der Waals surface area (Å²) in [5.74, 6) is -1.67. The normalized spacial score (nSPS) is 9.83. The van der Waals surface area contributed by atoms with Crippen LogP contribution in [0.1, 0.15) is 16.7 Å². The second-order valence-corrected chi connectivity index (χ2v) is 5.45. The van der Waals surface area contributed by atoms with Crippen LogP contribution in [0, 0.1) is 25.2 Å². The molecule has 0 heterocycles. The van der Waals surface area contributed by atoms with Gasteiger partial charge in [0.05, 0.1) is 22.3 Å². The van der Waals surface area contributed by atoms with Gasteiger partial charge in [0.2, 0.25) is 0 Å². The number of carbonyl (C=O) groups is 2. The number of nitriles is 1. The molecule has 0 spiro atoms. The Bertz CT molecular complexity index is 802. The summed E-state index contributed by atoms with van der Waals surface area (Å²) in [6.45, 7) is 3.68. The number of rotatable bonds is 2. The van der Waals surface area contributed by atoms with Crippen molar-refractivity contribution in [2.24, 2.45) is 0 Å². The molecule has 0 aromatic heterocycles. The largest absolute Gasteiger partial charge is 0.318 e. The van der Waals surface area contributed by atoms with Gasteiger partial charge < -0.3 is 10.6 Å². The number of carbonyl (C=O) groups excluding carboxylic acids is 2. The molecule has 116 valence electrons. The summed E-state index contributed by atoms with van der Waals surface area (Å²) in [5, 5.41) is 14.1. The molecule has 6 heteroatoms. The summed E-state index contributed by atoms with van der Waals surface area (Å²) in [6.07, 6.45) is 0. The van der Waals surface area contributed by atoms with E-state index in [1.165, 1.54) is 6.07 Å². The van der Waals surface area contributed by atoms with Gasteiger partial charge in [-0.25, -0.2) is 0 Å². The van der Waals surface area contributed by atoms with Crippen molar-refractivity contribution in [2.75, 3.05) is 10.6 Å². The maximum Gasteiger partial charge on any atom is 0.314 e. The van der Waals surface area contributed by atoms with Gasteiger partial charge >= 0.3 is 11.8 Å². The number of hydrogen-bond donors (Lipinski definition) is 2. The van der Waals surface area contributed by atoms with Crippen LogP contribution in [0.2, 0.25) is 5.02 Å². The van der Waals surface area contributed by atoms with Crippen LogP contribution in [0.3, 0.4) is 0 Å². The Balaban J connectivity index is 2.12. The second kappa shape index (κ2) is 6.95. The van der Waals surface area contributed by atoms with Gasteiger partial charge in [-0.05, 0) is 49.2 Å². The highest BCUT2D eigenvalue weighted by atomic mass is 35.5. The van der Waals surface area contributed by atoms with Crippen molar-refractivity contribution in [3.05, 3.63) is 58.1 Å². The van der Waals surface area contributed by atoms with E-state index in [0.717, 1.165) is 11.1 Å². The lowest BCUT2D eigenvalue weighted by molar-refractivity contribution is -0.133. The van der Waals surface area contributed by atoms with Crippen LogP contribution in [-0.2, 0) is 9.59 Å². The van der Waals surface area contributed by atoms with Crippen molar-refractivity contribution >= 4 is 34.8 Å². The Kier molecular flexibility index (Phi) is 4.99. The fourth-order valence-electron chi connectivity index (χ4n) is 2.10. The van der Waals surface area contributed by atoms with Crippen LogP contribution < -0.4 is 10.6 Å². The molecule has 2 aromatic carbocycles. The van der Waals surface area contributed by atoms with Crippen LogP contribution in [-0.4, -0.2) is 11.8 Å². The van der Waals surface area contributed by atoms with Gasteiger partial charge in [0, 0.05) is 5.69 Å². The van der Waals surface area contributed by atoms with E-state index in [4.69, 9.17) is 16.9 Å². The number of aryl methyl sites for hydroxylation is 2. The molecule has 0 radical (unpaired) electrons. The Morgan fingerprint density at radius 2 is 1.78 bits per heavy atom. The SMILES string of the molecule is Cc1cc(C)c(NC(=O)C(=O)Nc2cccc(C#N)c2)c(Cl)c1. The lowest BCUT2D eigenvalue weighted by Crippen LogP contribution is -2.29. The summed E-state index contributed by atoms with van der Waals surface area (Å²) < 4.78 is 0. The molecule has 0 aliphatic carbocycles. The van der Waals surface area contributed by atoms with E-state index in [9.17, 15) is 9.59 Å². The van der Waals surface area contributed by atoms with E-state index < -0.39 is 11.8 Å². The molecule has 0 saturated carbocycles. The second-order valence-electron chi connectivity index (χ2n) is 5.04. The molecular weight excluding hydrogens is 314 g/mol. The Labute approximate surface area is 138 Å². The minimum absolute atomic E-state index is 0.370. The van der Waals surface area contributed by atoms with Gasteiger partial charge in [-0.15, -0.1) is 0 Å².